The summed E-state index contributed by atoms with van der Waals surface area (Å²) < 4.78 is 37.7. The second kappa shape index (κ2) is 4.80. The Morgan fingerprint density at radius 1 is 1.47 bits per heavy atom. The first kappa shape index (κ1) is 13.6. The van der Waals surface area contributed by atoms with Gasteiger partial charge in [0.05, 0.1) is 0 Å². The first-order valence-corrected chi connectivity index (χ1v) is 6.13. The number of hydrogen-bond donors (Lipinski definition) is 1. The highest BCUT2D eigenvalue weighted by Gasteiger charge is 2.25. The van der Waals surface area contributed by atoms with Crippen LogP contribution in [0.5, 0.6) is 0 Å². The van der Waals surface area contributed by atoms with Gasteiger partial charge in [-0.25, -0.2) is 12.8 Å². The van der Waals surface area contributed by atoms with Crippen LogP contribution < -0.4 is 0 Å². The smallest absolute Gasteiger partial charge is 0.318 e. The molecule has 0 unspecified atom stereocenters. The zero-order valence-corrected chi connectivity index (χ0v) is 10.2. The molecule has 0 atom stereocenters. The van der Waals surface area contributed by atoms with Gasteiger partial charge < -0.3 is 5.11 Å². The van der Waals surface area contributed by atoms with E-state index in [0.717, 1.165) is 13.1 Å². The number of sulfonamides is 1. The quantitative estimate of drug-likeness (QED) is 0.871. The Kier molecular flexibility index (Phi) is 3.84. The Morgan fingerprint density at radius 3 is 2.59 bits per heavy atom. The van der Waals surface area contributed by atoms with E-state index in [1.807, 2.05) is 0 Å². The number of benzene rings is 1. The van der Waals surface area contributed by atoms with Gasteiger partial charge in [-0.2, -0.15) is 4.31 Å². The van der Waals surface area contributed by atoms with E-state index in [2.05, 4.69) is 0 Å². The average Bonchev–Trinajstić information content (AvgIpc) is 2.20. The lowest BCUT2D eigenvalue weighted by atomic mass is 10.2. The van der Waals surface area contributed by atoms with Gasteiger partial charge >= 0.3 is 5.97 Å². The van der Waals surface area contributed by atoms with Crippen molar-refractivity contribution in [3.05, 3.63) is 29.6 Å². The molecule has 0 spiro atoms. The average molecular weight is 261 g/mol. The Hall–Kier alpha value is -1.47. The molecule has 0 amide bonds. The normalized spacial score (nSPS) is 11.8. The molecule has 0 aliphatic carbocycles. The number of hydrogen-bond acceptors (Lipinski definition) is 3. The van der Waals surface area contributed by atoms with Gasteiger partial charge in [-0.3, -0.25) is 4.79 Å². The summed E-state index contributed by atoms with van der Waals surface area (Å²) in [4.78, 5) is 9.93. The fourth-order valence-electron chi connectivity index (χ4n) is 1.25. The Labute approximate surface area is 98.5 Å². The van der Waals surface area contributed by atoms with Gasteiger partial charge in [0.1, 0.15) is 17.3 Å². The van der Waals surface area contributed by atoms with Crippen LogP contribution in [-0.2, 0) is 14.8 Å². The third kappa shape index (κ3) is 3.01. The lowest BCUT2D eigenvalue weighted by molar-refractivity contribution is -0.137. The minimum atomic E-state index is -4.11. The molecule has 0 aliphatic rings. The number of carboxylic acids is 1. The van der Waals surface area contributed by atoms with Crippen LogP contribution in [0.15, 0.2) is 23.1 Å². The van der Waals surface area contributed by atoms with E-state index in [0.29, 0.717) is 9.87 Å². The van der Waals surface area contributed by atoms with Gasteiger partial charge in [0, 0.05) is 7.05 Å². The SMILES string of the molecule is Cc1ccc(F)c(S(=O)(=O)N(C)CC(=O)O)c1. The summed E-state index contributed by atoms with van der Waals surface area (Å²) in [5, 5.41) is 8.52. The van der Waals surface area contributed by atoms with Gasteiger partial charge in [0.15, 0.2) is 0 Å². The summed E-state index contributed by atoms with van der Waals surface area (Å²) in [6.45, 7) is 0.908. The van der Waals surface area contributed by atoms with Crippen LogP contribution in [0, 0.1) is 12.7 Å². The summed E-state index contributed by atoms with van der Waals surface area (Å²) in [7, 11) is -3.02. The summed E-state index contributed by atoms with van der Waals surface area (Å²) >= 11 is 0. The summed E-state index contributed by atoms with van der Waals surface area (Å²) in [6.07, 6.45) is 0. The van der Waals surface area contributed by atoms with Gasteiger partial charge in [-0.15, -0.1) is 0 Å². The Bertz CT molecular complexity index is 541. The van der Waals surface area contributed by atoms with Crippen LogP contribution in [-0.4, -0.2) is 37.4 Å². The van der Waals surface area contributed by atoms with Gasteiger partial charge in [0.2, 0.25) is 10.0 Å². The zero-order valence-electron chi connectivity index (χ0n) is 9.34. The topological polar surface area (TPSA) is 74.7 Å². The van der Waals surface area contributed by atoms with Gasteiger partial charge in [-0.05, 0) is 24.6 Å². The van der Waals surface area contributed by atoms with E-state index in [-0.39, 0.29) is 0 Å². The molecule has 0 radical (unpaired) electrons. The molecule has 0 saturated carbocycles. The maximum absolute atomic E-state index is 13.4. The molecular weight excluding hydrogens is 249 g/mol. The predicted molar refractivity (Wildman–Crippen MR) is 58.6 cm³/mol. The number of aliphatic carboxylic acids is 1. The monoisotopic (exact) mass is 261 g/mol. The lowest BCUT2D eigenvalue weighted by Crippen LogP contribution is -2.32. The van der Waals surface area contributed by atoms with Crippen LogP contribution in [0.2, 0.25) is 0 Å². The number of likely N-dealkylation sites (N-methyl/N-ethyl adjacent to an activating group) is 1. The molecule has 0 heterocycles. The van der Waals surface area contributed by atoms with Crippen LogP contribution in [0.4, 0.5) is 4.39 Å². The molecule has 17 heavy (non-hydrogen) atoms. The molecule has 5 nitrogen and oxygen atoms in total. The van der Waals surface area contributed by atoms with Crippen molar-refractivity contribution in [3.63, 3.8) is 0 Å². The number of aryl methyl sites for hydroxylation is 1. The summed E-state index contributed by atoms with van der Waals surface area (Å²) in [6, 6.07) is 3.64. The van der Waals surface area contributed by atoms with Crippen molar-refractivity contribution < 1.29 is 22.7 Å². The Balaban J connectivity index is 3.21. The van der Waals surface area contributed by atoms with Crippen molar-refractivity contribution in [1.82, 2.24) is 4.31 Å². The third-order valence-electron chi connectivity index (χ3n) is 2.13. The van der Waals surface area contributed by atoms with Crippen molar-refractivity contribution in [2.24, 2.45) is 0 Å². The highest BCUT2D eigenvalue weighted by atomic mass is 32.2. The van der Waals surface area contributed by atoms with Gasteiger partial charge in [-0.1, -0.05) is 6.07 Å². The van der Waals surface area contributed by atoms with E-state index in [4.69, 9.17) is 5.11 Å². The molecule has 0 aliphatic heterocycles. The fourth-order valence-corrected chi connectivity index (χ4v) is 2.52. The zero-order chi connectivity index (χ0) is 13.2. The first-order valence-electron chi connectivity index (χ1n) is 4.69. The van der Waals surface area contributed by atoms with Crippen molar-refractivity contribution in [3.8, 4) is 0 Å². The Morgan fingerprint density at radius 2 is 2.06 bits per heavy atom. The van der Waals surface area contributed by atoms with E-state index in [1.165, 1.54) is 12.1 Å². The molecule has 94 valence electrons. The highest BCUT2D eigenvalue weighted by molar-refractivity contribution is 7.89. The maximum atomic E-state index is 13.4. The van der Waals surface area contributed by atoms with Crippen LogP contribution in [0.1, 0.15) is 5.56 Å². The minimum absolute atomic E-state index is 0.513. The van der Waals surface area contributed by atoms with Crippen molar-refractivity contribution in [2.45, 2.75) is 11.8 Å². The third-order valence-corrected chi connectivity index (χ3v) is 3.95. The number of rotatable bonds is 4. The molecule has 0 saturated heterocycles. The molecule has 1 aromatic rings. The number of nitrogens with zero attached hydrogens (tertiary/aromatic N) is 1. The number of carbonyl (C=O) groups is 1. The van der Waals surface area contributed by atoms with E-state index in [1.54, 1.807) is 6.92 Å². The number of halogens is 1. The van der Waals surface area contributed by atoms with E-state index >= 15 is 0 Å². The second-order valence-corrected chi connectivity index (χ2v) is 5.60. The largest absolute Gasteiger partial charge is 0.480 e. The molecular formula is C10H12FNO4S. The molecule has 1 rings (SSSR count). The standard InChI is InChI=1S/C10H12FNO4S/c1-7-3-4-8(11)9(5-7)17(15,16)12(2)6-10(13)14/h3-5H,6H2,1-2H3,(H,13,14). The van der Waals surface area contributed by atoms with E-state index < -0.39 is 33.3 Å². The van der Waals surface area contributed by atoms with E-state index in [9.17, 15) is 17.6 Å². The van der Waals surface area contributed by atoms with Crippen LogP contribution in [0.25, 0.3) is 0 Å². The summed E-state index contributed by atoms with van der Waals surface area (Å²) in [5.74, 6) is -2.20. The second-order valence-electron chi connectivity index (χ2n) is 3.59. The molecule has 1 N–H and O–H groups in total. The predicted octanol–water partition coefficient (Wildman–Crippen LogP) is 0.839. The van der Waals surface area contributed by atoms with Gasteiger partial charge in [0.25, 0.3) is 0 Å². The van der Waals surface area contributed by atoms with Crippen LogP contribution in [0.3, 0.4) is 0 Å². The fraction of sp³-hybridized carbons (Fsp3) is 0.300. The molecule has 0 aromatic heterocycles. The van der Waals surface area contributed by atoms with Crippen molar-refractivity contribution in [1.29, 1.82) is 0 Å². The van der Waals surface area contributed by atoms with Crippen molar-refractivity contribution >= 4 is 16.0 Å². The van der Waals surface area contributed by atoms with Crippen LogP contribution >= 0.6 is 0 Å². The number of carboxylic acid groups (broad SMARTS) is 1. The summed E-state index contributed by atoms with van der Waals surface area (Å²) in [5.41, 5.74) is 0.578. The lowest BCUT2D eigenvalue weighted by Gasteiger charge is -2.15. The molecule has 0 fully saturated rings. The highest BCUT2D eigenvalue weighted by Crippen LogP contribution is 2.19. The first-order chi connectivity index (χ1) is 7.75. The molecule has 0 bridgehead atoms. The minimum Gasteiger partial charge on any atom is -0.480 e. The maximum Gasteiger partial charge on any atom is 0.318 e. The van der Waals surface area contributed by atoms with Crippen molar-refractivity contribution in [2.75, 3.05) is 13.6 Å². The molecule has 1 aromatic carbocycles. The molecule has 7 heteroatoms.